The topological polar surface area (TPSA) is 94.2 Å². The van der Waals surface area contributed by atoms with Crippen LogP contribution in [0.15, 0.2) is 18.2 Å². The Kier molecular flexibility index (Phi) is 6.88. The van der Waals surface area contributed by atoms with Gasteiger partial charge in [0.1, 0.15) is 28.9 Å². The molecular formula is C20H28N2O6. The van der Waals surface area contributed by atoms with Gasteiger partial charge in [0.05, 0.1) is 14.2 Å². The standard InChI is InChI=1S/C20H28N2O6/c1-20(2,3)28-19(25)21-16-10-14(23)8-9-22(18(16)24)12-13-6-7-15(26-4)11-17(13)27-5/h6-7,11,16H,8-10,12H2,1-5H3,(H,21,25)/t16-/m1/s1. The van der Waals surface area contributed by atoms with Gasteiger partial charge in [-0.1, -0.05) is 0 Å². The molecule has 0 bridgehead atoms. The summed E-state index contributed by atoms with van der Waals surface area (Å²) in [5.41, 5.74) is 0.0832. The van der Waals surface area contributed by atoms with Crippen molar-refractivity contribution in [1.29, 1.82) is 0 Å². The van der Waals surface area contributed by atoms with Crippen LogP contribution in [0.5, 0.6) is 11.5 Å². The molecule has 1 saturated heterocycles. The van der Waals surface area contributed by atoms with Crippen LogP contribution in [0.3, 0.4) is 0 Å². The second-order valence-corrected chi connectivity index (χ2v) is 7.63. The van der Waals surface area contributed by atoms with Gasteiger partial charge in [0.15, 0.2) is 0 Å². The molecule has 1 aliphatic rings. The van der Waals surface area contributed by atoms with Crippen molar-refractivity contribution in [3.8, 4) is 11.5 Å². The normalized spacial score (nSPS) is 17.8. The zero-order valence-electron chi connectivity index (χ0n) is 17.0. The molecule has 0 unspecified atom stereocenters. The second kappa shape index (κ2) is 8.95. The lowest BCUT2D eigenvalue weighted by Crippen LogP contribution is -2.48. The molecule has 1 aromatic rings. The van der Waals surface area contributed by atoms with Crippen molar-refractivity contribution in [1.82, 2.24) is 10.2 Å². The van der Waals surface area contributed by atoms with Crippen LogP contribution < -0.4 is 14.8 Å². The lowest BCUT2D eigenvalue weighted by atomic mass is 10.1. The van der Waals surface area contributed by atoms with Crippen molar-refractivity contribution in [3.05, 3.63) is 23.8 Å². The number of carbonyl (C=O) groups is 3. The summed E-state index contributed by atoms with van der Waals surface area (Å²) in [6.07, 6.45) is -0.534. The summed E-state index contributed by atoms with van der Waals surface area (Å²) in [5.74, 6) is 0.815. The summed E-state index contributed by atoms with van der Waals surface area (Å²) >= 11 is 0. The zero-order valence-corrected chi connectivity index (χ0v) is 17.0. The molecule has 2 amide bonds. The van der Waals surface area contributed by atoms with E-state index in [0.717, 1.165) is 5.56 Å². The third-order valence-electron chi connectivity index (χ3n) is 4.25. The molecule has 0 spiro atoms. The molecule has 0 aromatic heterocycles. The third kappa shape index (κ3) is 5.87. The highest BCUT2D eigenvalue weighted by Gasteiger charge is 2.33. The van der Waals surface area contributed by atoms with Crippen molar-refractivity contribution < 1.29 is 28.6 Å². The van der Waals surface area contributed by atoms with E-state index in [1.807, 2.05) is 6.07 Å². The zero-order chi connectivity index (χ0) is 20.9. The van der Waals surface area contributed by atoms with Gasteiger partial charge in [-0.3, -0.25) is 9.59 Å². The predicted octanol–water partition coefficient (Wildman–Crippen LogP) is 2.29. The number of ketones is 1. The Morgan fingerprint density at radius 2 is 1.93 bits per heavy atom. The number of methoxy groups -OCH3 is 2. The quantitative estimate of drug-likeness (QED) is 0.826. The van der Waals surface area contributed by atoms with E-state index in [1.54, 1.807) is 52.0 Å². The molecule has 1 aliphatic heterocycles. The van der Waals surface area contributed by atoms with Gasteiger partial charge in [-0.2, -0.15) is 0 Å². The van der Waals surface area contributed by atoms with Gasteiger partial charge >= 0.3 is 6.09 Å². The first-order chi connectivity index (χ1) is 13.1. The molecular weight excluding hydrogens is 364 g/mol. The number of ether oxygens (including phenoxy) is 3. The number of alkyl carbamates (subject to hydrolysis) is 1. The Morgan fingerprint density at radius 3 is 2.54 bits per heavy atom. The minimum Gasteiger partial charge on any atom is -0.497 e. The number of hydrogen-bond acceptors (Lipinski definition) is 6. The summed E-state index contributed by atoms with van der Waals surface area (Å²) in [6.45, 7) is 5.73. The lowest BCUT2D eigenvalue weighted by Gasteiger charge is -2.26. The van der Waals surface area contributed by atoms with Crippen molar-refractivity contribution >= 4 is 17.8 Å². The maximum absolute atomic E-state index is 13.0. The number of amides is 2. The average Bonchev–Trinajstić information content (AvgIpc) is 2.74. The van der Waals surface area contributed by atoms with Crippen LogP contribution in [0, 0.1) is 0 Å². The number of Topliss-reactive ketones (excluding diaryl/α,β-unsaturated/α-hetero) is 1. The fourth-order valence-corrected chi connectivity index (χ4v) is 2.91. The van der Waals surface area contributed by atoms with Crippen molar-refractivity contribution in [2.75, 3.05) is 20.8 Å². The van der Waals surface area contributed by atoms with Crippen molar-refractivity contribution in [2.24, 2.45) is 0 Å². The highest BCUT2D eigenvalue weighted by molar-refractivity contribution is 5.93. The monoisotopic (exact) mass is 392 g/mol. The van der Waals surface area contributed by atoms with Gasteiger partial charge in [0.25, 0.3) is 0 Å². The fourth-order valence-electron chi connectivity index (χ4n) is 2.91. The van der Waals surface area contributed by atoms with E-state index in [1.165, 1.54) is 0 Å². The Morgan fingerprint density at radius 1 is 1.21 bits per heavy atom. The molecule has 8 heteroatoms. The summed E-state index contributed by atoms with van der Waals surface area (Å²) in [4.78, 5) is 38.7. The number of nitrogens with zero attached hydrogens (tertiary/aromatic N) is 1. The van der Waals surface area contributed by atoms with Crippen molar-refractivity contribution in [2.45, 2.75) is 51.8 Å². The molecule has 1 aromatic carbocycles. The molecule has 154 valence electrons. The Balaban J connectivity index is 2.17. The van der Waals surface area contributed by atoms with Crippen LogP contribution in [-0.4, -0.2) is 55.1 Å². The molecule has 28 heavy (non-hydrogen) atoms. The highest BCUT2D eigenvalue weighted by atomic mass is 16.6. The first-order valence-corrected chi connectivity index (χ1v) is 9.14. The minimum absolute atomic E-state index is 0.0473. The summed E-state index contributed by atoms with van der Waals surface area (Å²) in [7, 11) is 3.10. The van der Waals surface area contributed by atoms with Crippen LogP contribution >= 0.6 is 0 Å². The number of likely N-dealkylation sites (tertiary alicyclic amines) is 1. The molecule has 1 fully saturated rings. The van der Waals surface area contributed by atoms with Gasteiger partial charge in [0, 0.05) is 37.6 Å². The molecule has 1 heterocycles. The van der Waals surface area contributed by atoms with E-state index in [0.29, 0.717) is 11.5 Å². The first-order valence-electron chi connectivity index (χ1n) is 9.14. The van der Waals surface area contributed by atoms with Gasteiger partial charge in [-0.15, -0.1) is 0 Å². The third-order valence-corrected chi connectivity index (χ3v) is 4.25. The lowest BCUT2D eigenvalue weighted by molar-refractivity contribution is -0.133. The highest BCUT2D eigenvalue weighted by Crippen LogP contribution is 2.26. The number of nitrogens with one attached hydrogen (secondary N) is 1. The van der Waals surface area contributed by atoms with Gasteiger partial charge < -0.3 is 24.4 Å². The molecule has 1 atom stereocenters. The molecule has 1 N–H and O–H groups in total. The largest absolute Gasteiger partial charge is 0.497 e. The maximum Gasteiger partial charge on any atom is 0.408 e. The van der Waals surface area contributed by atoms with Gasteiger partial charge in [-0.25, -0.2) is 4.79 Å². The van der Waals surface area contributed by atoms with E-state index in [9.17, 15) is 14.4 Å². The Bertz CT molecular complexity index is 741. The Labute approximate surface area is 165 Å². The number of hydrogen-bond donors (Lipinski definition) is 1. The molecule has 0 radical (unpaired) electrons. The van der Waals surface area contributed by atoms with Crippen molar-refractivity contribution in [3.63, 3.8) is 0 Å². The van der Waals surface area contributed by atoms with Crippen LogP contribution in [0.4, 0.5) is 4.79 Å². The minimum atomic E-state index is -0.950. The Hall–Kier alpha value is -2.77. The number of rotatable bonds is 5. The fraction of sp³-hybridized carbons (Fsp3) is 0.550. The average molecular weight is 392 g/mol. The van der Waals surface area contributed by atoms with Crippen LogP contribution in [0.25, 0.3) is 0 Å². The van der Waals surface area contributed by atoms with Gasteiger partial charge in [-0.05, 0) is 32.9 Å². The van der Waals surface area contributed by atoms with E-state index >= 15 is 0 Å². The van der Waals surface area contributed by atoms with E-state index < -0.39 is 17.7 Å². The SMILES string of the molecule is COc1ccc(CN2CCC(=O)C[C@@H](NC(=O)OC(C)(C)C)C2=O)c(OC)c1. The number of carbonyl (C=O) groups excluding carboxylic acids is 3. The molecule has 0 saturated carbocycles. The van der Waals surface area contributed by atoms with E-state index in [-0.39, 0.29) is 37.6 Å². The van der Waals surface area contributed by atoms with Crippen LogP contribution in [-0.2, 0) is 20.9 Å². The van der Waals surface area contributed by atoms with Gasteiger partial charge in [0.2, 0.25) is 5.91 Å². The molecule has 0 aliphatic carbocycles. The molecule has 8 nitrogen and oxygen atoms in total. The smallest absolute Gasteiger partial charge is 0.408 e. The summed E-state index contributed by atoms with van der Waals surface area (Å²) in [5, 5.41) is 2.53. The number of benzene rings is 1. The predicted molar refractivity (Wildman–Crippen MR) is 102 cm³/mol. The summed E-state index contributed by atoms with van der Waals surface area (Å²) < 4.78 is 15.8. The first kappa shape index (κ1) is 21.5. The van der Waals surface area contributed by atoms with Crippen LogP contribution in [0.2, 0.25) is 0 Å². The molecule has 2 rings (SSSR count). The van der Waals surface area contributed by atoms with Crippen LogP contribution in [0.1, 0.15) is 39.2 Å². The second-order valence-electron chi connectivity index (χ2n) is 7.63. The van der Waals surface area contributed by atoms with E-state index in [2.05, 4.69) is 5.32 Å². The maximum atomic E-state index is 13.0. The summed E-state index contributed by atoms with van der Waals surface area (Å²) in [6, 6.07) is 4.38. The van der Waals surface area contributed by atoms with E-state index in [4.69, 9.17) is 14.2 Å².